The second kappa shape index (κ2) is 6.07. The molecule has 0 aromatic heterocycles. The molecule has 0 aliphatic heterocycles. The lowest BCUT2D eigenvalue weighted by molar-refractivity contribution is 0.0991. The maximum absolute atomic E-state index is 12.9. The minimum atomic E-state index is -3.79. The van der Waals surface area contributed by atoms with E-state index in [0.717, 1.165) is 12.1 Å². The molecule has 1 unspecified atom stereocenters. The second-order valence-electron chi connectivity index (χ2n) is 4.52. The summed E-state index contributed by atoms with van der Waals surface area (Å²) in [5, 5.41) is -1.24. The van der Waals surface area contributed by atoms with E-state index in [4.69, 9.17) is 0 Å². The molecule has 0 amide bonds. The van der Waals surface area contributed by atoms with Gasteiger partial charge in [-0.1, -0.05) is 22.0 Å². The van der Waals surface area contributed by atoms with E-state index in [1.165, 1.54) is 31.2 Å². The Balaban J connectivity index is 2.36. The maximum Gasteiger partial charge on any atom is 0.188 e. The van der Waals surface area contributed by atoms with Crippen LogP contribution in [0.5, 0.6) is 0 Å². The summed E-state index contributed by atoms with van der Waals surface area (Å²) in [5.41, 5.74) is 0.169. The summed E-state index contributed by atoms with van der Waals surface area (Å²) in [6.45, 7) is 1.34. The number of hydrogen-bond acceptors (Lipinski definition) is 3. The Hall–Kier alpha value is -1.53. The molecule has 0 aliphatic rings. The quantitative estimate of drug-likeness (QED) is 0.772. The molecule has 2 aromatic rings. The van der Waals surface area contributed by atoms with Gasteiger partial charge in [0.05, 0.1) is 4.90 Å². The number of hydrogen-bond donors (Lipinski definition) is 0. The minimum absolute atomic E-state index is 0.0693. The Morgan fingerprint density at radius 2 is 1.76 bits per heavy atom. The van der Waals surface area contributed by atoms with Crippen LogP contribution in [0, 0.1) is 5.82 Å². The molecule has 0 fully saturated rings. The number of ketones is 1. The van der Waals surface area contributed by atoms with E-state index in [1.54, 1.807) is 12.1 Å². The molecule has 2 rings (SSSR count). The molecule has 6 heteroatoms. The highest BCUT2D eigenvalue weighted by Gasteiger charge is 2.30. The first-order valence-electron chi connectivity index (χ1n) is 6.11. The van der Waals surface area contributed by atoms with Gasteiger partial charge >= 0.3 is 0 Å². The number of rotatable bonds is 4. The Bertz CT molecular complexity index is 770. The molecule has 1 atom stereocenters. The van der Waals surface area contributed by atoms with Crippen LogP contribution in [0.2, 0.25) is 0 Å². The SMILES string of the molecule is CC(C(=O)c1ccc(F)cc1)S(=O)(=O)c1cccc(Br)c1. The fraction of sp³-hybridized carbons (Fsp3) is 0.133. The average molecular weight is 371 g/mol. The third-order valence-electron chi connectivity index (χ3n) is 3.09. The van der Waals surface area contributed by atoms with Crippen molar-refractivity contribution < 1.29 is 17.6 Å². The lowest BCUT2D eigenvalue weighted by Crippen LogP contribution is -2.27. The van der Waals surface area contributed by atoms with Crippen LogP contribution in [0.4, 0.5) is 4.39 Å². The Morgan fingerprint density at radius 1 is 1.14 bits per heavy atom. The van der Waals surface area contributed by atoms with Crippen molar-refractivity contribution in [3.05, 3.63) is 64.4 Å². The van der Waals surface area contributed by atoms with Gasteiger partial charge in [-0.3, -0.25) is 4.79 Å². The van der Waals surface area contributed by atoms with Crippen LogP contribution in [0.15, 0.2) is 57.9 Å². The Kier molecular flexibility index (Phi) is 4.58. The first kappa shape index (κ1) is 15.9. The largest absolute Gasteiger partial charge is 0.293 e. The molecular formula is C15H12BrFO3S. The average Bonchev–Trinajstić information content (AvgIpc) is 2.46. The van der Waals surface area contributed by atoms with Crippen molar-refractivity contribution in [2.24, 2.45) is 0 Å². The normalized spacial score (nSPS) is 12.9. The topological polar surface area (TPSA) is 51.2 Å². The van der Waals surface area contributed by atoms with Crippen LogP contribution in [0.25, 0.3) is 0 Å². The summed E-state index contributed by atoms with van der Waals surface area (Å²) >= 11 is 3.20. The number of Topliss-reactive ketones (excluding diaryl/α,β-unsaturated/α-hetero) is 1. The first-order chi connectivity index (χ1) is 9.82. The van der Waals surface area contributed by atoms with Crippen molar-refractivity contribution in [2.75, 3.05) is 0 Å². The van der Waals surface area contributed by atoms with E-state index in [-0.39, 0.29) is 10.5 Å². The predicted octanol–water partition coefficient (Wildman–Crippen LogP) is 3.63. The number of sulfone groups is 1. The third kappa shape index (κ3) is 3.39. The van der Waals surface area contributed by atoms with Gasteiger partial charge in [-0.25, -0.2) is 12.8 Å². The Labute approximate surface area is 130 Å². The molecule has 21 heavy (non-hydrogen) atoms. The highest BCUT2D eigenvalue weighted by molar-refractivity contribution is 9.10. The van der Waals surface area contributed by atoms with Crippen molar-refractivity contribution in [3.63, 3.8) is 0 Å². The van der Waals surface area contributed by atoms with Gasteiger partial charge in [-0.15, -0.1) is 0 Å². The van der Waals surface area contributed by atoms with Gasteiger partial charge in [0, 0.05) is 10.0 Å². The lowest BCUT2D eigenvalue weighted by Gasteiger charge is -2.12. The summed E-state index contributed by atoms with van der Waals surface area (Å²) in [6.07, 6.45) is 0. The molecule has 110 valence electrons. The molecule has 0 N–H and O–H groups in total. The predicted molar refractivity (Wildman–Crippen MR) is 81.5 cm³/mol. The molecular weight excluding hydrogens is 359 g/mol. The zero-order chi connectivity index (χ0) is 15.6. The van der Waals surface area contributed by atoms with Crippen LogP contribution in [0.1, 0.15) is 17.3 Å². The fourth-order valence-electron chi connectivity index (χ4n) is 1.84. The number of carbonyl (C=O) groups is 1. The minimum Gasteiger partial charge on any atom is -0.293 e. The fourth-order valence-corrected chi connectivity index (χ4v) is 3.77. The van der Waals surface area contributed by atoms with Crippen molar-refractivity contribution in [2.45, 2.75) is 17.1 Å². The molecule has 0 saturated carbocycles. The molecule has 3 nitrogen and oxygen atoms in total. The van der Waals surface area contributed by atoms with Crippen LogP contribution in [-0.2, 0) is 9.84 Å². The highest BCUT2D eigenvalue weighted by Crippen LogP contribution is 2.22. The zero-order valence-corrected chi connectivity index (χ0v) is 13.5. The van der Waals surface area contributed by atoms with Gasteiger partial charge in [0.2, 0.25) is 0 Å². The third-order valence-corrected chi connectivity index (χ3v) is 5.64. The van der Waals surface area contributed by atoms with E-state index in [2.05, 4.69) is 15.9 Å². The van der Waals surface area contributed by atoms with Gasteiger partial charge in [-0.05, 0) is 49.4 Å². The van der Waals surface area contributed by atoms with Crippen LogP contribution < -0.4 is 0 Å². The molecule has 0 heterocycles. The van der Waals surface area contributed by atoms with Crippen LogP contribution in [-0.4, -0.2) is 19.5 Å². The summed E-state index contributed by atoms with van der Waals surface area (Å²) in [6, 6.07) is 11.0. The smallest absolute Gasteiger partial charge is 0.188 e. The molecule has 2 aromatic carbocycles. The molecule has 0 bridgehead atoms. The Morgan fingerprint density at radius 3 is 2.33 bits per heavy atom. The summed E-state index contributed by atoms with van der Waals surface area (Å²) in [4.78, 5) is 12.3. The summed E-state index contributed by atoms with van der Waals surface area (Å²) in [7, 11) is -3.79. The molecule has 0 saturated heterocycles. The van der Waals surface area contributed by atoms with Gasteiger partial charge in [0.1, 0.15) is 11.1 Å². The van der Waals surface area contributed by atoms with E-state index < -0.39 is 26.7 Å². The van der Waals surface area contributed by atoms with Crippen LogP contribution >= 0.6 is 15.9 Å². The zero-order valence-electron chi connectivity index (χ0n) is 11.1. The van der Waals surface area contributed by atoms with E-state index in [1.807, 2.05) is 0 Å². The number of benzene rings is 2. The monoisotopic (exact) mass is 370 g/mol. The van der Waals surface area contributed by atoms with Crippen molar-refractivity contribution in [3.8, 4) is 0 Å². The van der Waals surface area contributed by atoms with Crippen molar-refractivity contribution >= 4 is 31.6 Å². The number of halogens is 2. The first-order valence-corrected chi connectivity index (χ1v) is 8.45. The number of carbonyl (C=O) groups excluding carboxylic acids is 1. The van der Waals surface area contributed by atoms with Gasteiger partial charge < -0.3 is 0 Å². The maximum atomic E-state index is 12.9. The summed E-state index contributed by atoms with van der Waals surface area (Å²) < 4.78 is 38.4. The van der Waals surface area contributed by atoms with Gasteiger partial charge in [0.25, 0.3) is 0 Å². The molecule has 0 radical (unpaired) electrons. The molecule has 0 aliphatic carbocycles. The van der Waals surface area contributed by atoms with Crippen molar-refractivity contribution in [1.82, 2.24) is 0 Å². The van der Waals surface area contributed by atoms with Gasteiger partial charge in [-0.2, -0.15) is 0 Å². The second-order valence-corrected chi connectivity index (χ2v) is 7.70. The van der Waals surface area contributed by atoms with Crippen molar-refractivity contribution in [1.29, 1.82) is 0 Å². The molecule has 0 spiro atoms. The van der Waals surface area contributed by atoms with Gasteiger partial charge in [0.15, 0.2) is 15.6 Å². The highest BCUT2D eigenvalue weighted by atomic mass is 79.9. The lowest BCUT2D eigenvalue weighted by atomic mass is 10.1. The van der Waals surface area contributed by atoms with E-state index in [0.29, 0.717) is 4.47 Å². The van der Waals surface area contributed by atoms with E-state index >= 15 is 0 Å². The standard InChI is InChI=1S/C15H12BrFO3S/c1-10(15(18)11-5-7-13(17)8-6-11)21(19,20)14-4-2-3-12(16)9-14/h2-10H,1H3. The van der Waals surface area contributed by atoms with E-state index in [9.17, 15) is 17.6 Å². The van der Waals surface area contributed by atoms with Crippen LogP contribution in [0.3, 0.4) is 0 Å². The summed E-state index contributed by atoms with van der Waals surface area (Å²) in [5.74, 6) is -1.04.